The third-order valence-electron chi connectivity index (χ3n) is 3.58. The maximum absolute atomic E-state index is 12.2. The molecule has 0 saturated heterocycles. The first kappa shape index (κ1) is 16.5. The average Bonchev–Trinajstić information content (AvgIpc) is 2.94. The van der Waals surface area contributed by atoms with Crippen molar-refractivity contribution in [1.82, 2.24) is 15.5 Å². The van der Waals surface area contributed by atoms with Gasteiger partial charge in [0.25, 0.3) is 0 Å². The Morgan fingerprint density at radius 2 is 1.96 bits per heavy atom. The minimum Gasteiger partial charge on any atom is -0.437 e. The number of rotatable bonds is 5. The highest BCUT2D eigenvalue weighted by atomic mass is 16.5. The van der Waals surface area contributed by atoms with Gasteiger partial charge in [0.1, 0.15) is 17.2 Å². The van der Waals surface area contributed by atoms with Crippen LogP contribution < -0.4 is 15.4 Å². The number of carbonyl (C=O) groups is 1. The van der Waals surface area contributed by atoms with E-state index in [9.17, 15) is 4.79 Å². The van der Waals surface area contributed by atoms with Crippen molar-refractivity contribution in [2.45, 2.75) is 20.4 Å². The molecule has 0 saturated carbocycles. The van der Waals surface area contributed by atoms with Gasteiger partial charge in [-0.1, -0.05) is 23.4 Å². The minimum atomic E-state index is -0.370. The molecule has 0 aliphatic heterocycles. The second-order valence-corrected chi connectivity index (χ2v) is 5.38. The number of hydrogen-bond acceptors (Lipinski definition) is 5. The van der Waals surface area contributed by atoms with Gasteiger partial charge in [0.15, 0.2) is 0 Å². The molecule has 128 valence electrons. The number of nitrogens with one attached hydrogen (secondary N) is 2. The van der Waals surface area contributed by atoms with Crippen LogP contribution in [0.2, 0.25) is 0 Å². The van der Waals surface area contributed by atoms with Crippen LogP contribution in [0.15, 0.2) is 53.2 Å². The van der Waals surface area contributed by atoms with E-state index >= 15 is 0 Å². The summed E-state index contributed by atoms with van der Waals surface area (Å²) in [5.41, 5.74) is 2.09. The summed E-state index contributed by atoms with van der Waals surface area (Å²) >= 11 is 0. The van der Waals surface area contributed by atoms with E-state index < -0.39 is 0 Å². The second kappa shape index (κ2) is 7.48. The number of pyridine rings is 1. The van der Waals surface area contributed by atoms with E-state index in [-0.39, 0.29) is 6.03 Å². The standard InChI is InChI=1S/C18H18N4O3/c1-12-15(13(2)25-22-12)11-20-18(23)21-16-9-6-10-19-17(16)24-14-7-4-3-5-8-14/h3-10H,11H2,1-2H3,(H2,20,21,23). The predicted octanol–water partition coefficient (Wildman–Crippen LogP) is 3.80. The smallest absolute Gasteiger partial charge is 0.319 e. The molecule has 2 amide bonds. The summed E-state index contributed by atoms with van der Waals surface area (Å²) in [6.07, 6.45) is 1.60. The van der Waals surface area contributed by atoms with E-state index in [1.807, 2.05) is 44.2 Å². The van der Waals surface area contributed by atoms with Gasteiger partial charge >= 0.3 is 6.03 Å². The minimum absolute atomic E-state index is 0.321. The van der Waals surface area contributed by atoms with Crippen molar-refractivity contribution in [3.63, 3.8) is 0 Å². The lowest BCUT2D eigenvalue weighted by atomic mass is 10.2. The third kappa shape index (κ3) is 4.14. The monoisotopic (exact) mass is 338 g/mol. The Balaban J connectivity index is 1.65. The fourth-order valence-electron chi connectivity index (χ4n) is 2.26. The van der Waals surface area contributed by atoms with Gasteiger partial charge in [-0.2, -0.15) is 0 Å². The molecule has 0 aliphatic carbocycles. The van der Waals surface area contributed by atoms with Crippen LogP contribution in [0.4, 0.5) is 10.5 Å². The Morgan fingerprint density at radius 3 is 2.68 bits per heavy atom. The van der Waals surface area contributed by atoms with Crippen LogP contribution in [0, 0.1) is 13.8 Å². The first-order valence-corrected chi connectivity index (χ1v) is 7.78. The molecule has 2 aromatic heterocycles. The molecule has 7 heteroatoms. The number of benzene rings is 1. The van der Waals surface area contributed by atoms with Gasteiger partial charge in [0.2, 0.25) is 5.88 Å². The number of urea groups is 1. The molecule has 25 heavy (non-hydrogen) atoms. The zero-order valence-electron chi connectivity index (χ0n) is 13.9. The van der Waals surface area contributed by atoms with E-state index in [0.717, 1.165) is 11.3 Å². The molecule has 1 aromatic carbocycles. The fourth-order valence-corrected chi connectivity index (χ4v) is 2.26. The van der Waals surface area contributed by atoms with E-state index in [0.29, 0.717) is 29.6 Å². The van der Waals surface area contributed by atoms with E-state index in [1.165, 1.54) is 0 Å². The zero-order valence-corrected chi connectivity index (χ0v) is 13.9. The van der Waals surface area contributed by atoms with Gasteiger partial charge in [-0.15, -0.1) is 0 Å². The van der Waals surface area contributed by atoms with E-state index in [1.54, 1.807) is 18.3 Å². The number of anilines is 1. The van der Waals surface area contributed by atoms with Crippen LogP contribution >= 0.6 is 0 Å². The summed E-state index contributed by atoms with van der Waals surface area (Å²) < 4.78 is 10.8. The highest BCUT2D eigenvalue weighted by Crippen LogP contribution is 2.26. The quantitative estimate of drug-likeness (QED) is 0.738. The molecule has 0 fully saturated rings. The van der Waals surface area contributed by atoms with Crippen molar-refractivity contribution in [3.05, 3.63) is 65.7 Å². The Bertz CT molecular complexity index is 842. The van der Waals surface area contributed by atoms with Gasteiger partial charge in [-0.3, -0.25) is 0 Å². The first-order valence-electron chi connectivity index (χ1n) is 7.78. The summed E-state index contributed by atoms with van der Waals surface area (Å²) in [5.74, 6) is 1.65. The molecule has 3 rings (SSSR count). The Morgan fingerprint density at radius 1 is 1.16 bits per heavy atom. The van der Waals surface area contributed by atoms with Crippen molar-refractivity contribution >= 4 is 11.7 Å². The highest BCUT2D eigenvalue weighted by Gasteiger charge is 2.12. The number of nitrogens with zero attached hydrogens (tertiary/aromatic N) is 2. The zero-order chi connectivity index (χ0) is 17.6. The van der Waals surface area contributed by atoms with Gasteiger partial charge in [-0.25, -0.2) is 9.78 Å². The van der Waals surface area contributed by atoms with Gasteiger partial charge < -0.3 is 19.9 Å². The van der Waals surface area contributed by atoms with Gasteiger partial charge in [-0.05, 0) is 38.1 Å². The van der Waals surface area contributed by atoms with Gasteiger partial charge in [0.05, 0.1) is 5.69 Å². The van der Waals surface area contributed by atoms with E-state index in [2.05, 4.69) is 20.8 Å². The summed E-state index contributed by atoms with van der Waals surface area (Å²) in [5, 5.41) is 9.38. The van der Waals surface area contributed by atoms with Crippen LogP contribution in [-0.4, -0.2) is 16.2 Å². The van der Waals surface area contributed by atoms with Crippen LogP contribution in [-0.2, 0) is 6.54 Å². The lowest BCUT2D eigenvalue weighted by molar-refractivity contribution is 0.251. The summed E-state index contributed by atoms with van der Waals surface area (Å²) in [7, 11) is 0. The summed E-state index contributed by atoms with van der Waals surface area (Å²) in [6, 6.07) is 12.3. The lowest BCUT2D eigenvalue weighted by Crippen LogP contribution is -2.28. The topological polar surface area (TPSA) is 89.3 Å². The molecule has 0 atom stereocenters. The number of amides is 2. The first-order chi connectivity index (χ1) is 12.1. The molecule has 0 aliphatic rings. The van der Waals surface area contributed by atoms with Crippen molar-refractivity contribution in [2.75, 3.05) is 5.32 Å². The number of para-hydroxylation sites is 1. The Kier molecular flexibility index (Phi) is 4.94. The third-order valence-corrected chi connectivity index (χ3v) is 3.58. The molecule has 0 unspecified atom stereocenters. The molecule has 2 heterocycles. The second-order valence-electron chi connectivity index (χ2n) is 5.38. The number of aromatic nitrogens is 2. The normalized spacial score (nSPS) is 10.3. The predicted molar refractivity (Wildman–Crippen MR) is 92.6 cm³/mol. The van der Waals surface area contributed by atoms with Crippen molar-refractivity contribution < 1.29 is 14.1 Å². The highest BCUT2D eigenvalue weighted by molar-refractivity contribution is 5.90. The molecule has 0 bridgehead atoms. The SMILES string of the molecule is Cc1noc(C)c1CNC(=O)Nc1cccnc1Oc1ccccc1. The number of hydrogen-bond donors (Lipinski definition) is 2. The molecule has 0 radical (unpaired) electrons. The molecule has 0 spiro atoms. The molecular weight excluding hydrogens is 320 g/mol. The Labute approximate surface area is 145 Å². The van der Waals surface area contributed by atoms with Crippen molar-refractivity contribution in [3.8, 4) is 11.6 Å². The number of aryl methyl sites for hydroxylation is 2. The van der Waals surface area contributed by atoms with Crippen LogP contribution in [0.5, 0.6) is 11.6 Å². The maximum atomic E-state index is 12.2. The van der Waals surface area contributed by atoms with Crippen LogP contribution in [0.25, 0.3) is 0 Å². The van der Waals surface area contributed by atoms with Crippen molar-refractivity contribution in [2.24, 2.45) is 0 Å². The largest absolute Gasteiger partial charge is 0.437 e. The van der Waals surface area contributed by atoms with E-state index in [4.69, 9.17) is 9.26 Å². The number of ether oxygens (including phenoxy) is 1. The summed E-state index contributed by atoms with van der Waals surface area (Å²) in [6.45, 7) is 3.96. The molecule has 2 N–H and O–H groups in total. The van der Waals surface area contributed by atoms with Crippen LogP contribution in [0.3, 0.4) is 0 Å². The van der Waals surface area contributed by atoms with Gasteiger partial charge in [0, 0.05) is 18.3 Å². The Hall–Kier alpha value is -3.35. The molecule has 7 nitrogen and oxygen atoms in total. The summed E-state index contributed by atoms with van der Waals surface area (Å²) in [4.78, 5) is 16.4. The fraction of sp³-hybridized carbons (Fsp3) is 0.167. The lowest BCUT2D eigenvalue weighted by Gasteiger charge is -2.11. The van der Waals surface area contributed by atoms with Crippen LogP contribution in [0.1, 0.15) is 17.0 Å². The van der Waals surface area contributed by atoms with Crippen molar-refractivity contribution in [1.29, 1.82) is 0 Å². The molecule has 3 aromatic rings. The molecular formula is C18H18N4O3. The number of carbonyl (C=O) groups excluding carboxylic acids is 1. The average molecular weight is 338 g/mol. The maximum Gasteiger partial charge on any atom is 0.319 e.